The van der Waals surface area contributed by atoms with E-state index in [0.717, 1.165) is 31.9 Å². The molecule has 0 aliphatic carbocycles. The molecule has 0 aromatic heterocycles. The van der Waals surface area contributed by atoms with Crippen LogP contribution in [-0.4, -0.2) is 82.1 Å². The van der Waals surface area contributed by atoms with Gasteiger partial charge in [-0.1, -0.05) is 26.0 Å². The van der Waals surface area contributed by atoms with Crippen molar-refractivity contribution in [2.45, 2.75) is 19.9 Å². The number of carbonyl (C=O) groups is 2. The van der Waals surface area contributed by atoms with Gasteiger partial charge in [0, 0.05) is 52.5 Å². The molecule has 1 saturated heterocycles. The normalized spacial score (nSPS) is 16.6. The molecule has 1 heterocycles. The van der Waals surface area contributed by atoms with E-state index >= 15 is 0 Å². The van der Waals surface area contributed by atoms with Crippen LogP contribution in [0.4, 0.5) is 5.69 Å². The maximum absolute atomic E-state index is 12.2. The Bertz CT molecular complexity index is 638. The first-order valence-corrected chi connectivity index (χ1v) is 9.91. The Hall–Kier alpha value is -2.12. The second-order valence-electron chi connectivity index (χ2n) is 7.91. The molecule has 1 aromatic carbocycles. The SMILES string of the molecule is CC(C)C(=O)OCC(=O)NC[C@H](c1ccc(N(C)C)cc1)N1CCN(C)CC1. The molecule has 7 heteroatoms. The van der Waals surface area contributed by atoms with Gasteiger partial charge in [0.05, 0.1) is 12.0 Å². The van der Waals surface area contributed by atoms with E-state index in [1.54, 1.807) is 13.8 Å². The summed E-state index contributed by atoms with van der Waals surface area (Å²) in [5, 5.41) is 2.94. The van der Waals surface area contributed by atoms with Gasteiger partial charge in [-0.15, -0.1) is 0 Å². The predicted octanol–water partition coefficient (Wildman–Crippen LogP) is 1.36. The Labute approximate surface area is 168 Å². The van der Waals surface area contributed by atoms with Crippen molar-refractivity contribution < 1.29 is 14.3 Å². The molecule has 1 fully saturated rings. The van der Waals surface area contributed by atoms with Crippen LogP contribution >= 0.6 is 0 Å². The third-order valence-corrected chi connectivity index (χ3v) is 5.08. The predicted molar refractivity (Wildman–Crippen MR) is 111 cm³/mol. The standard InChI is InChI=1S/C21H34N4O3/c1-16(2)21(27)28-15-20(26)22-14-19(25-12-10-24(5)11-13-25)17-6-8-18(9-7-17)23(3)4/h6-9,16,19H,10-15H2,1-5H3,(H,22,26)/t19-/m1/s1. The lowest BCUT2D eigenvalue weighted by Crippen LogP contribution is -2.48. The zero-order valence-electron chi connectivity index (χ0n) is 17.8. The number of nitrogens with zero attached hydrogens (tertiary/aromatic N) is 3. The summed E-state index contributed by atoms with van der Waals surface area (Å²) in [5.41, 5.74) is 2.32. The first kappa shape index (κ1) is 22.2. The minimum Gasteiger partial charge on any atom is -0.455 e. The molecule has 1 aromatic rings. The number of rotatable bonds is 8. The van der Waals surface area contributed by atoms with E-state index in [1.165, 1.54) is 5.56 Å². The van der Waals surface area contributed by atoms with Gasteiger partial charge in [-0.25, -0.2) is 0 Å². The van der Waals surface area contributed by atoms with Gasteiger partial charge < -0.3 is 19.9 Å². The molecule has 1 N–H and O–H groups in total. The highest BCUT2D eigenvalue weighted by molar-refractivity contribution is 5.81. The van der Waals surface area contributed by atoms with E-state index in [-0.39, 0.29) is 30.4 Å². The van der Waals surface area contributed by atoms with Crippen LogP contribution in [0, 0.1) is 5.92 Å². The summed E-state index contributed by atoms with van der Waals surface area (Å²) < 4.78 is 5.03. The van der Waals surface area contributed by atoms with Crippen molar-refractivity contribution in [3.05, 3.63) is 29.8 Å². The maximum atomic E-state index is 12.2. The molecule has 156 valence electrons. The van der Waals surface area contributed by atoms with Crippen LogP contribution in [0.1, 0.15) is 25.5 Å². The zero-order chi connectivity index (χ0) is 20.7. The van der Waals surface area contributed by atoms with Crippen molar-refractivity contribution >= 4 is 17.6 Å². The second kappa shape index (κ2) is 10.4. The van der Waals surface area contributed by atoms with Gasteiger partial charge in [0.15, 0.2) is 6.61 Å². The van der Waals surface area contributed by atoms with Gasteiger partial charge in [-0.05, 0) is 24.7 Å². The molecular formula is C21H34N4O3. The van der Waals surface area contributed by atoms with Gasteiger partial charge in [0.2, 0.25) is 0 Å². The van der Waals surface area contributed by atoms with Gasteiger partial charge in [0.1, 0.15) is 0 Å². The van der Waals surface area contributed by atoms with Gasteiger partial charge in [0.25, 0.3) is 5.91 Å². The Balaban J connectivity index is 2.02. The van der Waals surface area contributed by atoms with Crippen molar-refractivity contribution in [1.82, 2.24) is 15.1 Å². The molecule has 0 spiro atoms. The minimum atomic E-state index is -0.356. The Morgan fingerprint density at radius 3 is 2.25 bits per heavy atom. The number of nitrogens with one attached hydrogen (secondary N) is 1. The van der Waals surface area contributed by atoms with Crippen LogP contribution in [0.15, 0.2) is 24.3 Å². The van der Waals surface area contributed by atoms with Gasteiger partial charge >= 0.3 is 5.97 Å². The van der Waals surface area contributed by atoms with Crippen molar-refractivity contribution in [2.75, 3.05) is 65.4 Å². The summed E-state index contributed by atoms with van der Waals surface area (Å²) in [4.78, 5) is 30.5. The maximum Gasteiger partial charge on any atom is 0.308 e. The summed E-state index contributed by atoms with van der Waals surface area (Å²) >= 11 is 0. The number of likely N-dealkylation sites (N-methyl/N-ethyl adjacent to an activating group) is 1. The average Bonchev–Trinajstić information content (AvgIpc) is 2.67. The van der Waals surface area contributed by atoms with E-state index in [0.29, 0.717) is 6.54 Å². The lowest BCUT2D eigenvalue weighted by Gasteiger charge is -2.38. The molecule has 1 aliphatic heterocycles. The first-order chi connectivity index (χ1) is 13.3. The number of amides is 1. The number of esters is 1. The Morgan fingerprint density at radius 2 is 1.71 bits per heavy atom. The number of piperazine rings is 1. The molecule has 1 amide bonds. The van der Waals surface area contributed by atoms with E-state index in [4.69, 9.17) is 4.74 Å². The zero-order valence-corrected chi connectivity index (χ0v) is 17.8. The van der Waals surface area contributed by atoms with Crippen molar-refractivity contribution in [3.8, 4) is 0 Å². The highest BCUT2D eigenvalue weighted by atomic mass is 16.5. The van der Waals surface area contributed by atoms with Gasteiger partial charge in [-0.2, -0.15) is 0 Å². The monoisotopic (exact) mass is 390 g/mol. The number of benzene rings is 1. The van der Waals surface area contributed by atoms with Crippen molar-refractivity contribution in [3.63, 3.8) is 0 Å². The molecule has 0 radical (unpaired) electrons. The number of carbonyl (C=O) groups excluding carboxylic acids is 2. The molecule has 0 bridgehead atoms. The van der Waals surface area contributed by atoms with E-state index in [1.807, 2.05) is 14.1 Å². The fraction of sp³-hybridized carbons (Fsp3) is 0.619. The molecule has 1 aliphatic rings. The highest BCUT2D eigenvalue weighted by Gasteiger charge is 2.24. The Morgan fingerprint density at radius 1 is 1.11 bits per heavy atom. The van der Waals surface area contributed by atoms with Crippen LogP contribution in [-0.2, 0) is 14.3 Å². The fourth-order valence-electron chi connectivity index (χ4n) is 3.15. The van der Waals surface area contributed by atoms with Gasteiger partial charge in [-0.3, -0.25) is 14.5 Å². The van der Waals surface area contributed by atoms with Crippen LogP contribution < -0.4 is 10.2 Å². The topological polar surface area (TPSA) is 65.1 Å². The summed E-state index contributed by atoms with van der Waals surface area (Å²) in [6, 6.07) is 8.55. The van der Waals surface area contributed by atoms with Crippen LogP contribution in [0.5, 0.6) is 0 Å². The minimum absolute atomic E-state index is 0.0923. The number of anilines is 1. The molecule has 0 unspecified atom stereocenters. The molecule has 0 saturated carbocycles. The average molecular weight is 391 g/mol. The summed E-state index contributed by atoms with van der Waals surface area (Å²) in [5.74, 6) is -0.857. The molecular weight excluding hydrogens is 356 g/mol. The molecule has 1 atom stereocenters. The van der Waals surface area contributed by atoms with Crippen molar-refractivity contribution in [2.24, 2.45) is 5.92 Å². The fourth-order valence-corrected chi connectivity index (χ4v) is 3.15. The lowest BCUT2D eigenvalue weighted by atomic mass is 10.0. The largest absolute Gasteiger partial charge is 0.455 e. The van der Waals surface area contributed by atoms with E-state index in [9.17, 15) is 9.59 Å². The van der Waals surface area contributed by atoms with Crippen LogP contribution in [0.25, 0.3) is 0 Å². The Kier molecular flexibility index (Phi) is 8.26. The summed E-state index contributed by atoms with van der Waals surface area (Å²) in [6.45, 7) is 7.68. The number of hydrogen-bond donors (Lipinski definition) is 1. The van der Waals surface area contributed by atoms with E-state index in [2.05, 4.69) is 51.3 Å². The number of hydrogen-bond acceptors (Lipinski definition) is 6. The molecule has 7 nitrogen and oxygen atoms in total. The smallest absolute Gasteiger partial charge is 0.308 e. The summed E-state index contributed by atoms with van der Waals surface area (Å²) in [6.07, 6.45) is 0. The first-order valence-electron chi connectivity index (χ1n) is 9.91. The molecule has 2 rings (SSSR count). The molecule has 28 heavy (non-hydrogen) atoms. The van der Waals surface area contributed by atoms with Crippen molar-refractivity contribution in [1.29, 1.82) is 0 Å². The lowest BCUT2D eigenvalue weighted by molar-refractivity contribution is -0.151. The third-order valence-electron chi connectivity index (χ3n) is 5.08. The van der Waals surface area contributed by atoms with E-state index < -0.39 is 0 Å². The van der Waals surface area contributed by atoms with Crippen LogP contribution in [0.3, 0.4) is 0 Å². The van der Waals surface area contributed by atoms with Crippen LogP contribution in [0.2, 0.25) is 0 Å². The third kappa shape index (κ3) is 6.49. The quantitative estimate of drug-likeness (QED) is 0.676. The second-order valence-corrected chi connectivity index (χ2v) is 7.91. The summed E-state index contributed by atoms with van der Waals surface area (Å²) in [7, 11) is 6.17. The number of ether oxygens (including phenoxy) is 1. The highest BCUT2D eigenvalue weighted by Crippen LogP contribution is 2.24.